The molecule has 1 aromatic carbocycles. The Labute approximate surface area is 130 Å². The quantitative estimate of drug-likeness (QED) is 0.847. The molecule has 0 unspecified atom stereocenters. The Bertz CT molecular complexity index is 692. The van der Waals surface area contributed by atoms with E-state index in [1.165, 1.54) is 12.1 Å². The number of benzene rings is 1. The van der Waals surface area contributed by atoms with Crippen LogP contribution < -0.4 is 10.2 Å². The highest BCUT2D eigenvalue weighted by molar-refractivity contribution is 8.18. The number of nitrogens with zero attached hydrogens (tertiary/aromatic N) is 1. The van der Waals surface area contributed by atoms with Crippen molar-refractivity contribution in [3.05, 3.63) is 34.5 Å². The van der Waals surface area contributed by atoms with Crippen molar-refractivity contribution in [2.45, 2.75) is 12.8 Å². The number of ketones is 1. The first-order valence-corrected chi connectivity index (χ1v) is 7.65. The van der Waals surface area contributed by atoms with Crippen LogP contribution in [0.25, 0.3) is 6.08 Å². The van der Waals surface area contributed by atoms with Crippen molar-refractivity contribution in [2.75, 3.05) is 18.0 Å². The molecule has 2 aliphatic rings. The van der Waals surface area contributed by atoms with Crippen molar-refractivity contribution in [1.29, 1.82) is 0 Å². The number of carbonyl (C=O) groups excluding carboxylic acids is 3. The van der Waals surface area contributed by atoms with E-state index in [1.807, 2.05) is 4.90 Å². The van der Waals surface area contributed by atoms with Crippen LogP contribution in [-0.4, -0.2) is 30.0 Å². The number of rotatable bonds is 2. The third kappa shape index (κ3) is 3.04. The lowest BCUT2D eigenvalue weighted by Crippen LogP contribution is -2.34. The summed E-state index contributed by atoms with van der Waals surface area (Å²) in [6, 6.07) is 4.66. The number of hydrogen-bond donors (Lipinski definition) is 1. The lowest BCUT2D eigenvalue weighted by atomic mass is 10.1. The number of Topliss-reactive ketones (excluding diaryl/α,β-unsaturated/α-hetero) is 1. The highest BCUT2D eigenvalue weighted by Gasteiger charge is 2.25. The van der Waals surface area contributed by atoms with Crippen LogP contribution in [0.5, 0.6) is 0 Å². The SMILES string of the molecule is O=C1CCN(c2ccc(C=C3SC(=O)NC3=O)cc2F)CC1. The zero-order valence-corrected chi connectivity index (χ0v) is 12.4. The fourth-order valence-electron chi connectivity index (χ4n) is 2.44. The second kappa shape index (κ2) is 5.92. The van der Waals surface area contributed by atoms with Crippen molar-refractivity contribution < 1.29 is 18.8 Å². The molecular weight excluding hydrogens is 307 g/mol. The molecule has 2 saturated heterocycles. The van der Waals surface area contributed by atoms with E-state index in [2.05, 4.69) is 5.32 Å². The van der Waals surface area contributed by atoms with Crippen LogP contribution in [-0.2, 0) is 9.59 Å². The van der Waals surface area contributed by atoms with Crippen LogP contribution in [0.4, 0.5) is 14.9 Å². The topological polar surface area (TPSA) is 66.5 Å². The summed E-state index contributed by atoms with van der Waals surface area (Å²) in [6.45, 7) is 1.03. The molecule has 0 spiro atoms. The van der Waals surface area contributed by atoms with Crippen LogP contribution >= 0.6 is 11.8 Å². The fourth-order valence-corrected chi connectivity index (χ4v) is 3.12. The molecule has 7 heteroatoms. The predicted molar refractivity (Wildman–Crippen MR) is 82.0 cm³/mol. The van der Waals surface area contributed by atoms with Crippen molar-refractivity contribution in [3.8, 4) is 0 Å². The van der Waals surface area contributed by atoms with E-state index in [0.717, 1.165) is 11.8 Å². The largest absolute Gasteiger partial charge is 0.368 e. The Balaban J connectivity index is 1.80. The molecule has 0 atom stereocenters. The molecule has 0 bridgehead atoms. The average Bonchev–Trinajstić information content (AvgIpc) is 2.78. The second-order valence-corrected chi connectivity index (χ2v) is 6.10. The minimum atomic E-state index is -0.464. The summed E-state index contributed by atoms with van der Waals surface area (Å²) in [5.74, 6) is -0.667. The molecule has 2 heterocycles. The summed E-state index contributed by atoms with van der Waals surface area (Å²) in [6.07, 6.45) is 2.35. The highest BCUT2D eigenvalue weighted by atomic mass is 32.2. The molecule has 3 rings (SSSR count). The molecule has 114 valence electrons. The first-order chi connectivity index (χ1) is 10.5. The Morgan fingerprint density at radius 2 is 1.91 bits per heavy atom. The molecule has 2 aliphatic heterocycles. The molecule has 0 radical (unpaired) electrons. The molecule has 2 fully saturated rings. The highest BCUT2D eigenvalue weighted by Crippen LogP contribution is 2.28. The molecule has 0 saturated carbocycles. The number of piperidine rings is 1. The minimum absolute atomic E-state index is 0.201. The van der Waals surface area contributed by atoms with Gasteiger partial charge in [-0.25, -0.2) is 4.39 Å². The normalized spacial score (nSPS) is 20.7. The number of amides is 2. The van der Waals surface area contributed by atoms with Gasteiger partial charge in [0.25, 0.3) is 11.1 Å². The lowest BCUT2D eigenvalue weighted by Gasteiger charge is -2.28. The minimum Gasteiger partial charge on any atom is -0.368 e. The number of carbonyl (C=O) groups is 3. The van der Waals surface area contributed by atoms with Crippen LogP contribution in [0, 0.1) is 5.82 Å². The van der Waals surface area contributed by atoms with E-state index < -0.39 is 17.0 Å². The van der Waals surface area contributed by atoms with Crippen LogP contribution in [0.3, 0.4) is 0 Å². The smallest absolute Gasteiger partial charge is 0.290 e. The van der Waals surface area contributed by atoms with E-state index in [0.29, 0.717) is 37.2 Å². The molecule has 5 nitrogen and oxygen atoms in total. The number of halogens is 1. The van der Waals surface area contributed by atoms with E-state index in [9.17, 15) is 18.8 Å². The van der Waals surface area contributed by atoms with Gasteiger partial charge in [-0.2, -0.15) is 0 Å². The molecule has 0 aliphatic carbocycles. The van der Waals surface area contributed by atoms with Crippen molar-refractivity contribution in [2.24, 2.45) is 0 Å². The van der Waals surface area contributed by atoms with Crippen molar-refractivity contribution in [3.63, 3.8) is 0 Å². The van der Waals surface area contributed by atoms with Gasteiger partial charge in [0, 0.05) is 25.9 Å². The van der Waals surface area contributed by atoms with E-state index in [1.54, 1.807) is 12.1 Å². The van der Waals surface area contributed by atoms with Gasteiger partial charge in [-0.05, 0) is 35.5 Å². The van der Waals surface area contributed by atoms with Crippen LogP contribution in [0.2, 0.25) is 0 Å². The van der Waals surface area contributed by atoms with E-state index >= 15 is 0 Å². The number of hydrogen-bond acceptors (Lipinski definition) is 5. The zero-order valence-electron chi connectivity index (χ0n) is 11.6. The third-order valence-electron chi connectivity index (χ3n) is 3.57. The predicted octanol–water partition coefficient (Wildman–Crippen LogP) is 2.32. The zero-order chi connectivity index (χ0) is 15.7. The molecule has 1 N–H and O–H groups in total. The Morgan fingerprint density at radius 3 is 2.50 bits per heavy atom. The Hall–Kier alpha value is -2.15. The first kappa shape index (κ1) is 14.8. The van der Waals surface area contributed by atoms with Gasteiger partial charge in [0.2, 0.25) is 0 Å². The van der Waals surface area contributed by atoms with E-state index in [4.69, 9.17) is 0 Å². The monoisotopic (exact) mass is 320 g/mol. The maximum absolute atomic E-state index is 14.2. The van der Waals surface area contributed by atoms with Gasteiger partial charge in [0.15, 0.2) is 0 Å². The summed E-state index contributed by atoms with van der Waals surface area (Å²) in [4.78, 5) is 35.9. The van der Waals surface area contributed by atoms with Gasteiger partial charge < -0.3 is 4.90 Å². The van der Waals surface area contributed by atoms with Crippen molar-refractivity contribution >= 4 is 40.5 Å². The van der Waals surface area contributed by atoms with Gasteiger partial charge in [-0.1, -0.05) is 6.07 Å². The maximum atomic E-state index is 14.2. The lowest BCUT2D eigenvalue weighted by molar-refractivity contribution is -0.119. The summed E-state index contributed by atoms with van der Waals surface area (Å²) in [5.41, 5.74) is 0.968. The fraction of sp³-hybridized carbons (Fsp3) is 0.267. The van der Waals surface area contributed by atoms with Crippen LogP contribution in [0.15, 0.2) is 23.1 Å². The summed E-state index contributed by atoms with van der Waals surface area (Å²) in [5, 5.41) is 1.73. The van der Waals surface area contributed by atoms with Gasteiger partial charge in [0.1, 0.15) is 11.6 Å². The van der Waals surface area contributed by atoms with Gasteiger partial charge in [0.05, 0.1) is 10.6 Å². The first-order valence-electron chi connectivity index (χ1n) is 6.84. The molecular formula is C15H13FN2O3S. The van der Waals surface area contributed by atoms with Gasteiger partial charge in [-0.3, -0.25) is 19.7 Å². The molecule has 0 aromatic heterocycles. The molecule has 22 heavy (non-hydrogen) atoms. The molecule has 2 amide bonds. The number of imide groups is 1. The second-order valence-electron chi connectivity index (χ2n) is 5.09. The summed E-state index contributed by atoms with van der Waals surface area (Å²) in [7, 11) is 0. The van der Waals surface area contributed by atoms with Crippen molar-refractivity contribution in [1.82, 2.24) is 5.32 Å². The number of thioether (sulfide) groups is 1. The van der Waals surface area contributed by atoms with Gasteiger partial charge in [-0.15, -0.1) is 0 Å². The van der Waals surface area contributed by atoms with E-state index in [-0.39, 0.29) is 10.7 Å². The Kier molecular flexibility index (Phi) is 3.98. The number of anilines is 1. The molecule has 1 aromatic rings. The average molecular weight is 320 g/mol. The van der Waals surface area contributed by atoms with Crippen LogP contribution in [0.1, 0.15) is 18.4 Å². The standard InChI is InChI=1S/C15H13FN2O3S/c16-11-7-9(8-13-14(20)17-15(21)22-13)1-2-12(11)18-5-3-10(19)4-6-18/h1-2,7-8H,3-6H2,(H,17,20,21). The third-order valence-corrected chi connectivity index (χ3v) is 4.38. The summed E-state index contributed by atoms with van der Waals surface area (Å²) < 4.78 is 14.2. The van der Waals surface area contributed by atoms with Gasteiger partial charge >= 0.3 is 0 Å². The maximum Gasteiger partial charge on any atom is 0.290 e. The Morgan fingerprint density at radius 1 is 1.18 bits per heavy atom. The number of nitrogens with one attached hydrogen (secondary N) is 1. The summed E-state index contributed by atoms with van der Waals surface area (Å²) >= 11 is 0.798.